The maximum Gasteiger partial charge on any atom is 0.191 e. The number of aliphatic hydroxyl groups excluding tert-OH is 1. The summed E-state index contributed by atoms with van der Waals surface area (Å²) in [5.74, 6) is 1.55. The van der Waals surface area contributed by atoms with Gasteiger partial charge >= 0.3 is 0 Å². The first-order valence-corrected chi connectivity index (χ1v) is 8.69. The van der Waals surface area contributed by atoms with Crippen LogP contribution in [0.4, 0.5) is 5.69 Å². The van der Waals surface area contributed by atoms with Crippen LogP contribution < -0.4 is 4.90 Å². The summed E-state index contributed by atoms with van der Waals surface area (Å²) in [6.45, 7) is 3.11. The minimum absolute atomic E-state index is 0.0396. The second-order valence-electron chi connectivity index (χ2n) is 5.63. The largest absolute Gasteiger partial charge is 0.388 e. The molecule has 0 radical (unpaired) electrons. The molecule has 3 rings (SSSR count). The first kappa shape index (κ1) is 15.4. The highest BCUT2D eigenvalue weighted by atomic mass is 32.2. The van der Waals surface area contributed by atoms with Crippen LogP contribution in [0.2, 0.25) is 0 Å². The summed E-state index contributed by atoms with van der Waals surface area (Å²) in [5.41, 5.74) is 2.51. The van der Waals surface area contributed by atoms with E-state index in [1.807, 2.05) is 0 Å². The molecular weight excluding hydrogens is 296 g/mol. The molecule has 0 spiro atoms. The number of nitrogens with zero attached hydrogens (tertiary/aromatic N) is 4. The Hall–Kier alpha value is -1.53. The normalized spacial score (nSPS) is 14.3. The molecule has 0 amide bonds. The third kappa shape index (κ3) is 3.28. The molecule has 1 aliphatic rings. The van der Waals surface area contributed by atoms with Crippen LogP contribution in [0.3, 0.4) is 0 Å². The van der Waals surface area contributed by atoms with Gasteiger partial charge in [0, 0.05) is 31.1 Å². The minimum atomic E-state index is -0.0396. The molecule has 1 aromatic heterocycles. The van der Waals surface area contributed by atoms with Gasteiger partial charge < -0.3 is 14.6 Å². The molecular formula is C16H22N4OS. The molecule has 118 valence electrons. The lowest BCUT2D eigenvalue weighted by Crippen LogP contribution is -2.15. The molecule has 0 bridgehead atoms. The molecule has 1 N–H and O–H groups in total. The number of thioether (sulfide) groups is 1. The average Bonchev–Trinajstić information content (AvgIpc) is 3.32. The van der Waals surface area contributed by atoms with Crippen LogP contribution in [0.1, 0.15) is 37.2 Å². The highest BCUT2D eigenvalue weighted by molar-refractivity contribution is 7.98. The molecule has 2 aromatic rings. The zero-order chi connectivity index (χ0) is 15.5. The van der Waals surface area contributed by atoms with Gasteiger partial charge in [-0.2, -0.15) is 0 Å². The first-order chi connectivity index (χ1) is 10.7. The summed E-state index contributed by atoms with van der Waals surface area (Å²) in [6, 6.07) is 9.13. The Labute approximate surface area is 135 Å². The van der Waals surface area contributed by atoms with Crippen LogP contribution in [-0.2, 0) is 12.4 Å². The molecule has 6 heteroatoms. The van der Waals surface area contributed by atoms with E-state index in [0.29, 0.717) is 11.9 Å². The summed E-state index contributed by atoms with van der Waals surface area (Å²) >= 11 is 1.69. The fourth-order valence-corrected chi connectivity index (χ4v) is 3.37. The van der Waals surface area contributed by atoms with Crippen molar-refractivity contribution in [3.8, 4) is 0 Å². The molecule has 0 saturated heterocycles. The van der Waals surface area contributed by atoms with Gasteiger partial charge in [0.1, 0.15) is 6.61 Å². The highest BCUT2D eigenvalue weighted by Gasteiger charge is 2.29. The van der Waals surface area contributed by atoms with E-state index in [1.54, 1.807) is 11.8 Å². The number of aromatic nitrogens is 3. The first-order valence-electron chi connectivity index (χ1n) is 7.70. The number of rotatable bonds is 7. The third-order valence-electron chi connectivity index (χ3n) is 4.01. The summed E-state index contributed by atoms with van der Waals surface area (Å²) in [4.78, 5) is 2.22. The quantitative estimate of drug-likeness (QED) is 0.796. The second-order valence-corrected chi connectivity index (χ2v) is 6.57. The van der Waals surface area contributed by atoms with Crippen molar-refractivity contribution in [3.63, 3.8) is 0 Å². The van der Waals surface area contributed by atoms with E-state index in [2.05, 4.69) is 57.9 Å². The lowest BCUT2D eigenvalue weighted by Gasteiger charge is -2.16. The SMILES string of the molecule is CCN(C)c1ccc(CSc2nnc(CO)n2C2CC2)cc1. The topological polar surface area (TPSA) is 54.2 Å². The minimum Gasteiger partial charge on any atom is -0.388 e. The van der Waals surface area contributed by atoms with Crippen molar-refractivity contribution in [3.05, 3.63) is 35.7 Å². The Bertz CT molecular complexity index is 622. The van der Waals surface area contributed by atoms with Gasteiger partial charge in [0.15, 0.2) is 11.0 Å². The fraction of sp³-hybridized carbons (Fsp3) is 0.500. The van der Waals surface area contributed by atoms with Crippen molar-refractivity contribution in [2.24, 2.45) is 0 Å². The van der Waals surface area contributed by atoms with E-state index in [4.69, 9.17) is 0 Å². The molecule has 1 fully saturated rings. The highest BCUT2D eigenvalue weighted by Crippen LogP contribution is 2.39. The molecule has 0 aliphatic heterocycles. The third-order valence-corrected chi connectivity index (χ3v) is 5.02. The fourth-order valence-electron chi connectivity index (χ4n) is 2.39. The second kappa shape index (κ2) is 6.71. The monoisotopic (exact) mass is 318 g/mol. The molecule has 1 saturated carbocycles. The molecule has 1 aromatic carbocycles. The van der Waals surface area contributed by atoms with Crippen LogP contribution in [0.5, 0.6) is 0 Å². The van der Waals surface area contributed by atoms with Crippen LogP contribution in [-0.4, -0.2) is 33.5 Å². The van der Waals surface area contributed by atoms with Gasteiger partial charge in [0.2, 0.25) is 0 Å². The van der Waals surface area contributed by atoms with Gasteiger partial charge in [-0.25, -0.2) is 0 Å². The Morgan fingerprint density at radius 3 is 2.59 bits per heavy atom. The van der Waals surface area contributed by atoms with Gasteiger partial charge in [-0.15, -0.1) is 10.2 Å². The van der Waals surface area contributed by atoms with Gasteiger partial charge in [-0.3, -0.25) is 0 Å². The summed E-state index contributed by atoms with van der Waals surface area (Å²) in [5, 5.41) is 18.6. The van der Waals surface area contributed by atoms with Crippen molar-refractivity contribution >= 4 is 17.4 Å². The Kier molecular flexibility index (Phi) is 4.69. The summed E-state index contributed by atoms with van der Waals surface area (Å²) in [7, 11) is 2.10. The molecule has 5 nitrogen and oxygen atoms in total. The maximum atomic E-state index is 9.36. The van der Waals surface area contributed by atoms with Crippen LogP contribution >= 0.6 is 11.8 Å². The molecule has 1 heterocycles. The number of hydrogen-bond donors (Lipinski definition) is 1. The maximum absolute atomic E-state index is 9.36. The van der Waals surface area contributed by atoms with Crippen molar-refractivity contribution < 1.29 is 5.11 Å². The molecule has 22 heavy (non-hydrogen) atoms. The number of aliphatic hydroxyl groups is 1. The van der Waals surface area contributed by atoms with Crippen molar-refractivity contribution in [1.29, 1.82) is 0 Å². The molecule has 0 unspecified atom stereocenters. The average molecular weight is 318 g/mol. The zero-order valence-corrected chi connectivity index (χ0v) is 13.9. The van der Waals surface area contributed by atoms with E-state index >= 15 is 0 Å². The summed E-state index contributed by atoms with van der Waals surface area (Å²) < 4.78 is 2.10. The predicted molar refractivity (Wildman–Crippen MR) is 89.2 cm³/mol. The standard InChI is InChI=1S/C16H22N4OS/c1-3-19(2)13-6-4-12(5-7-13)11-22-16-18-17-15(10-21)20(16)14-8-9-14/h4-7,14,21H,3,8-11H2,1-2H3. The van der Waals surface area contributed by atoms with Crippen molar-refractivity contribution in [2.45, 2.75) is 43.3 Å². The lowest BCUT2D eigenvalue weighted by atomic mass is 10.2. The van der Waals surface area contributed by atoms with Gasteiger partial charge in [0.05, 0.1) is 0 Å². The zero-order valence-electron chi connectivity index (χ0n) is 13.1. The van der Waals surface area contributed by atoms with E-state index in [9.17, 15) is 5.11 Å². The smallest absolute Gasteiger partial charge is 0.191 e. The number of benzene rings is 1. The predicted octanol–water partition coefficient (Wildman–Crippen LogP) is 2.85. The van der Waals surface area contributed by atoms with E-state index < -0.39 is 0 Å². The summed E-state index contributed by atoms with van der Waals surface area (Å²) in [6.07, 6.45) is 2.33. The van der Waals surface area contributed by atoms with E-state index in [1.165, 1.54) is 11.3 Å². The lowest BCUT2D eigenvalue weighted by molar-refractivity contribution is 0.263. The molecule has 0 atom stereocenters. The number of anilines is 1. The number of hydrogen-bond acceptors (Lipinski definition) is 5. The van der Waals surface area contributed by atoms with Crippen LogP contribution in [0, 0.1) is 0 Å². The van der Waals surface area contributed by atoms with Gasteiger partial charge in [0.25, 0.3) is 0 Å². The van der Waals surface area contributed by atoms with Crippen molar-refractivity contribution in [1.82, 2.24) is 14.8 Å². The van der Waals surface area contributed by atoms with Crippen LogP contribution in [0.25, 0.3) is 0 Å². The van der Waals surface area contributed by atoms with E-state index in [0.717, 1.165) is 30.3 Å². The van der Waals surface area contributed by atoms with E-state index in [-0.39, 0.29) is 6.61 Å². The van der Waals surface area contributed by atoms with Crippen molar-refractivity contribution in [2.75, 3.05) is 18.5 Å². The Morgan fingerprint density at radius 1 is 1.27 bits per heavy atom. The molecule has 1 aliphatic carbocycles. The Balaban J connectivity index is 1.66. The van der Waals surface area contributed by atoms with Gasteiger partial charge in [-0.1, -0.05) is 23.9 Å². The van der Waals surface area contributed by atoms with Gasteiger partial charge in [-0.05, 0) is 37.5 Å². The Morgan fingerprint density at radius 2 is 2.00 bits per heavy atom. The van der Waals surface area contributed by atoms with Crippen LogP contribution in [0.15, 0.2) is 29.4 Å².